The standard InChI is InChI=1S/C26H24ClNO3/c1-2-18-8-10-20(11-9-18)24(29)17-26(31)22-16-21(27)12-13-23(22)28(25(26)30)15-14-19-6-4-3-5-7-19/h3-13,16,31H,2,14-15,17H2,1H3/t26-/m1/s1. The van der Waals surface area contributed by atoms with Crippen molar-refractivity contribution in [3.63, 3.8) is 0 Å². The smallest absolute Gasteiger partial charge is 0.264 e. The van der Waals surface area contributed by atoms with E-state index < -0.39 is 11.5 Å². The summed E-state index contributed by atoms with van der Waals surface area (Å²) in [5.41, 5.74) is 1.74. The minimum atomic E-state index is -1.93. The van der Waals surface area contributed by atoms with Crippen LogP contribution in [0.15, 0.2) is 72.8 Å². The van der Waals surface area contributed by atoms with E-state index in [4.69, 9.17) is 11.6 Å². The summed E-state index contributed by atoms with van der Waals surface area (Å²) in [6, 6.07) is 22.1. The van der Waals surface area contributed by atoms with Gasteiger partial charge >= 0.3 is 0 Å². The molecule has 0 spiro atoms. The Morgan fingerprint density at radius 2 is 1.71 bits per heavy atom. The van der Waals surface area contributed by atoms with Gasteiger partial charge in [-0.3, -0.25) is 9.59 Å². The molecule has 0 fully saturated rings. The molecule has 0 aromatic heterocycles. The number of carbonyl (C=O) groups excluding carboxylic acids is 2. The number of amides is 1. The molecule has 1 atom stereocenters. The molecule has 0 bridgehead atoms. The van der Waals surface area contributed by atoms with Gasteiger partial charge in [-0.25, -0.2) is 0 Å². The van der Waals surface area contributed by atoms with Crippen molar-refractivity contribution in [3.8, 4) is 0 Å². The number of nitrogens with zero attached hydrogens (tertiary/aromatic N) is 1. The zero-order valence-corrected chi connectivity index (χ0v) is 18.1. The van der Waals surface area contributed by atoms with Gasteiger partial charge in [-0.1, -0.05) is 73.1 Å². The Hall–Kier alpha value is -2.95. The Bertz CT molecular complexity index is 1110. The minimum absolute atomic E-state index is 0.283. The van der Waals surface area contributed by atoms with E-state index >= 15 is 0 Å². The highest BCUT2D eigenvalue weighted by molar-refractivity contribution is 6.31. The maximum Gasteiger partial charge on any atom is 0.264 e. The third-order valence-corrected chi connectivity index (χ3v) is 6.10. The van der Waals surface area contributed by atoms with Gasteiger partial charge in [0.25, 0.3) is 5.91 Å². The van der Waals surface area contributed by atoms with Gasteiger partial charge in [-0.2, -0.15) is 0 Å². The number of aliphatic hydroxyl groups is 1. The van der Waals surface area contributed by atoms with Gasteiger partial charge in [-0.05, 0) is 42.2 Å². The molecule has 1 amide bonds. The van der Waals surface area contributed by atoms with Crippen LogP contribution in [0.5, 0.6) is 0 Å². The molecule has 4 nitrogen and oxygen atoms in total. The second-order valence-electron chi connectivity index (χ2n) is 7.86. The molecule has 1 aliphatic rings. The van der Waals surface area contributed by atoms with Gasteiger partial charge in [0.1, 0.15) is 0 Å². The average Bonchev–Trinajstić information content (AvgIpc) is 2.99. The Morgan fingerprint density at radius 1 is 1.00 bits per heavy atom. The fourth-order valence-electron chi connectivity index (χ4n) is 4.06. The Labute approximate surface area is 187 Å². The summed E-state index contributed by atoms with van der Waals surface area (Å²) in [5, 5.41) is 11.9. The van der Waals surface area contributed by atoms with Crippen molar-refractivity contribution in [2.75, 3.05) is 11.4 Å². The van der Waals surface area contributed by atoms with Crippen LogP contribution in [0.2, 0.25) is 5.02 Å². The molecule has 0 unspecified atom stereocenters. The van der Waals surface area contributed by atoms with Crippen molar-refractivity contribution < 1.29 is 14.7 Å². The Morgan fingerprint density at radius 3 is 2.39 bits per heavy atom. The maximum atomic E-state index is 13.4. The molecule has 1 aliphatic heterocycles. The molecule has 0 saturated carbocycles. The lowest BCUT2D eigenvalue weighted by molar-refractivity contribution is -0.135. The molecule has 158 valence electrons. The van der Waals surface area contributed by atoms with E-state index in [1.54, 1.807) is 35.2 Å². The van der Waals surface area contributed by atoms with Crippen molar-refractivity contribution >= 4 is 29.0 Å². The van der Waals surface area contributed by atoms with Crippen LogP contribution in [-0.2, 0) is 23.2 Å². The number of halogens is 1. The minimum Gasteiger partial charge on any atom is -0.375 e. The van der Waals surface area contributed by atoms with Crippen LogP contribution in [0, 0.1) is 0 Å². The number of anilines is 1. The monoisotopic (exact) mass is 433 g/mol. The van der Waals surface area contributed by atoms with Crippen LogP contribution in [0.1, 0.15) is 40.4 Å². The fourth-order valence-corrected chi connectivity index (χ4v) is 4.23. The Kier molecular flexibility index (Phi) is 5.94. The van der Waals surface area contributed by atoms with Crippen molar-refractivity contribution in [2.24, 2.45) is 0 Å². The molecule has 0 aliphatic carbocycles. The summed E-state index contributed by atoms with van der Waals surface area (Å²) in [6.45, 7) is 2.45. The second-order valence-corrected chi connectivity index (χ2v) is 8.30. The summed E-state index contributed by atoms with van der Waals surface area (Å²) in [4.78, 5) is 27.9. The fraction of sp³-hybridized carbons (Fsp3) is 0.231. The van der Waals surface area contributed by atoms with E-state index in [-0.39, 0.29) is 12.2 Å². The first-order valence-electron chi connectivity index (χ1n) is 10.4. The number of hydrogen-bond acceptors (Lipinski definition) is 3. The van der Waals surface area contributed by atoms with Gasteiger partial charge in [0.2, 0.25) is 0 Å². The van der Waals surface area contributed by atoms with Gasteiger partial charge in [0.05, 0.1) is 12.1 Å². The summed E-state index contributed by atoms with van der Waals surface area (Å²) in [5.74, 6) is -0.770. The number of rotatable bonds is 7. The third-order valence-electron chi connectivity index (χ3n) is 5.86. The molecule has 3 aromatic carbocycles. The lowest BCUT2D eigenvalue weighted by Gasteiger charge is -2.23. The molecule has 0 saturated heterocycles. The highest BCUT2D eigenvalue weighted by Gasteiger charge is 2.50. The summed E-state index contributed by atoms with van der Waals surface area (Å²) >= 11 is 6.18. The van der Waals surface area contributed by atoms with Crippen molar-refractivity contribution in [2.45, 2.75) is 31.8 Å². The molecular formula is C26H24ClNO3. The first-order chi connectivity index (χ1) is 14.9. The molecule has 1 N–H and O–H groups in total. The number of hydrogen-bond donors (Lipinski definition) is 1. The SMILES string of the molecule is CCc1ccc(C(=O)C[C@]2(O)C(=O)N(CCc3ccccc3)c3ccc(Cl)cc32)cc1. The van der Waals surface area contributed by atoms with Crippen molar-refractivity contribution in [3.05, 3.63) is 100 Å². The van der Waals surface area contributed by atoms with E-state index in [0.717, 1.165) is 17.5 Å². The Balaban J connectivity index is 1.62. The molecular weight excluding hydrogens is 410 g/mol. The van der Waals surface area contributed by atoms with E-state index in [0.29, 0.717) is 34.8 Å². The van der Waals surface area contributed by atoms with Crippen molar-refractivity contribution in [1.29, 1.82) is 0 Å². The number of carbonyl (C=O) groups is 2. The van der Waals surface area contributed by atoms with Crippen molar-refractivity contribution in [1.82, 2.24) is 0 Å². The molecule has 5 heteroatoms. The van der Waals surface area contributed by atoms with Gasteiger partial charge in [-0.15, -0.1) is 0 Å². The molecule has 0 radical (unpaired) electrons. The molecule has 1 heterocycles. The van der Waals surface area contributed by atoms with Crippen LogP contribution in [0.4, 0.5) is 5.69 Å². The zero-order valence-electron chi connectivity index (χ0n) is 17.3. The summed E-state index contributed by atoms with van der Waals surface area (Å²) in [7, 11) is 0. The predicted molar refractivity (Wildman–Crippen MR) is 123 cm³/mol. The van der Waals surface area contributed by atoms with E-state index in [2.05, 4.69) is 0 Å². The van der Waals surface area contributed by atoms with Crippen LogP contribution in [0.25, 0.3) is 0 Å². The first kappa shape index (κ1) is 21.3. The first-order valence-corrected chi connectivity index (χ1v) is 10.8. The lowest BCUT2D eigenvalue weighted by atomic mass is 9.88. The number of benzene rings is 3. The van der Waals surface area contributed by atoms with Gasteiger partial charge in [0.15, 0.2) is 11.4 Å². The largest absolute Gasteiger partial charge is 0.375 e. The van der Waals surface area contributed by atoms with E-state index in [9.17, 15) is 14.7 Å². The predicted octanol–water partition coefficient (Wildman–Crippen LogP) is 4.95. The number of Topliss-reactive ketones (excluding diaryl/α,β-unsaturated/α-hetero) is 1. The van der Waals surface area contributed by atoms with Crippen LogP contribution in [0.3, 0.4) is 0 Å². The molecule has 3 aromatic rings. The number of aryl methyl sites for hydroxylation is 1. The van der Waals surface area contributed by atoms with Gasteiger partial charge < -0.3 is 10.0 Å². The highest BCUT2D eigenvalue weighted by atomic mass is 35.5. The number of ketones is 1. The average molecular weight is 434 g/mol. The maximum absolute atomic E-state index is 13.4. The lowest BCUT2D eigenvalue weighted by Crippen LogP contribution is -2.42. The molecule has 31 heavy (non-hydrogen) atoms. The molecule has 4 rings (SSSR count). The summed E-state index contributed by atoms with van der Waals surface area (Å²) in [6.07, 6.45) is 1.18. The third kappa shape index (κ3) is 4.14. The normalized spacial score (nSPS) is 17.6. The number of fused-ring (bicyclic) bond motifs is 1. The van der Waals surface area contributed by atoms with E-state index in [1.165, 1.54) is 0 Å². The quantitative estimate of drug-likeness (QED) is 0.536. The van der Waals surface area contributed by atoms with Crippen LogP contribution in [-0.4, -0.2) is 23.3 Å². The van der Waals surface area contributed by atoms with Crippen LogP contribution < -0.4 is 4.90 Å². The summed E-state index contributed by atoms with van der Waals surface area (Å²) < 4.78 is 0. The second kappa shape index (κ2) is 8.66. The highest BCUT2D eigenvalue weighted by Crippen LogP contribution is 2.44. The zero-order chi connectivity index (χ0) is 22.0. The van der Waals surface area contributed by atoms with Gasteiger partial charge in [0, 0.05) is 22.7 Å². The van der Waals surface area contributed by atoms with Crippen LogP contribution >= 0.6 is 11.6 Å². The topological polar surface area (TPSA) is 57.6 Å². The van der Waals surface area contributed by atoms with E-state index in [1.807, 2.05) is 49.4 Å².